The Labute approximate surface area is 119 Å². The van der Waals surface area contributed by atoms with Crippen LogP contribution in [0.15, 0.2) is 66.9 Å². The van der Waals surface area contributed by atoms with Crippen LogP contribution >= 0.6 is 0 Å². The molecule has 1 heterocycles. The summed E-state index contributed by atoms with van der Waals surface area (Å²) in [7, 11) is 0. The minimum Gasteiger partial charge on any atom is -0.323 e. The Morgan fingerprint density at radius 3 is 2.50 bits per heavy atom. The molecule has 2 N–H and O–H groups in total. The summed E-state index contributed by atoms with van der Waals surface area (Å²) in [6.07, 6.45) is 1.82. The van der Waals surface area contributed by atoms with E-state index in [1.165, 1.54) is 5.56 Å². The van der Waals surface area contributed by atoms with E-state index in [0.29, 0.717) is 0 Å². The highest BCUT2D eigenvalue weighted by molar-refractivity contribution is 5.82. The van der Waals surface area contributed by atoms with Gasteiger partial charge in [0, 0.05) is 23.5 Å². The lowest BCUT2D eigenvalue weighted by Gasteiger charge is -2.22. The number of hydrogen-bond donors (Lipinski definition) is 1. The average molecular weight is 262 g/mol. The number of rotatable bonds is 3. The fourth-order valence-electron chi connectivity index (χ4n) is 2.65. The standard InChI is InChI=1S/C18H18N2/c1-13(14-7-3-2-4-8-14)18(19)16-9-5-11-17-15(16)10-6-12-20-17/h2-13,18H,19H2,1H3. The third-order valence-electron chi connectivity index (χ3n) is 3.90. The van der Waals surface area contributed by atoms with Gasteiger partial charge in [-0.2, -0.15) is 0 Å². The second-order valence-corrected chi connectivity index (χ2v) is 5.14. The summed E-state index contributed by atoms with van der Waals surface area (Å²) in [5.74, 6) is 0.266. The lowest BCUT2D eigenvalue weighted by molar-refractivity contribution is 0.602. The van der Waals surface area contributed by atoms with Gasteiger partial charge in [-0.05, 0) is 23.3 Å². The molecule has 1 aromatic heterocycles. The Hall–Kier alpha value is -2.19. The van der Waals surface area contributed by atoms with E-state index in [2.05, 4.69) is 48.3 Å². The van der Waals surface area contributed by atoms with E-state index in [-0.39, 0.29) is 12.0 Å². The zero-order valence-electron chi connectivity index (χ0n) is 11.5. The summed E-state index contributed by atoms with van der Waals surface area (Å²) in [4.78, 5) is 4.40. The molecule has 2 heteroatoms. The summed E-state index contributed by atoms with van der Waals surface area (Å²) in [5.41, 5.74) is 9.93. The Balaban J connectivity index is 2.03. The number of benzene rings is 2. The molecule has 0 bridgehead atoms. The molecule has 0 radical (unpaired) electrons. The predicted molar refractivity (Wildman–Crippen MR) is 83.5 cm³/mol. The van der Waals surface area contributed by atoms with Crippen LogP contribution in [0.5, 0.6) is 0 Å². The Morgan fingerprint density at radius 1 is 0.900 bits per heavy atom. The summed E-state index contributed by atoms with van der Waals surface area (Å²) >= 11 is 0. The monoisotopic (exact) mass is 262 g/mol. The van der Waals surface area contributed by atoms with Gasteiger partial charge in [-0.1, -0.05) is 55.5 Å². The van der Waals surface area contributed by atoms with Crippen LogP contribution in [0.25, 0.3) is 10.9 Å². The van der Waals surface area contributed by atoms with E-state index in [1.807, 2.05) is 30.5 Å². The van der Waals surface area contributed by atoms with E-state index in [1.54, 1.807) is 0 Å². The second kappa shape index (κ2) is 5.43. The fourth-order valence-corrected chi connectivity index (χ4v) is 2.65. The lowest BCUT2D eigenvalue weighted by Crippen LogP contribution is -2.18. The summed E-state index contributed by atoms with van der Waals surface area (Å²) in [6.45, 7) is 2.18. The average Bonchev–Trinajstić information content (AvgIpc) is 2.54. The van der Waals surface area contributed by atoms with Gasteiger partial charge in [0.05, 0.1) is 5.52 Å². The fraction of sp³-hybridized carbons (Fsp3) is 0.167. The first-order valence-electron chi connectivity index (χ1n) is 6.91. The Kier molecular flexibility index (Phi) is 3.48. The van der Waals surface area contributed by atoms with Crippen molar-refractivity contribution in [3.63, 3.8) is 0 Å². The molecule has 2 atom stereocenters. The van der Waals surface area contributed by atoms with E-state index < -0.39 is 0 Å². The Bertz CT molecular complexity index is 701. The molecule has 0 amide bonds. The van der Waals surface area contributed by atoms with Gasteiger partial charge in [0.25, 0.3) is 0 Å². The van der Waals surface area contributed by atoms with Gasteiger partial charge in [0.2, 0.25) is 0 Å². The first-order chi connectivity index (χ1) is 9.77. The van der Waals surface area contributed by atoms with Crippen LogP contribution in [0.2, 0.25) is 0 Å². The molecule has 0 saturated heterocycles. The topological polar surface area (TPSA) is 38.9 Å². The third-order valence-corrected chi connectivity index (χ3v) is 3.90. The highest BCUT2D eigenvalue weighted by Crippen LogP contribution is 2.32. The van der Waals surface area contributed by atoms with Crippen LogP contribution in [-0.2, 0) is 0 Å². The van der Waals surface area contributed by atoms with E-state index in [9.17, 15) is 0 Å². The maximum absolute atomic E-state index is 6.51. The summed E-state index contributed by atoms with van der Waals surface area (Å²) in [5, 5.41) is 1.14. The molecular formula is C18H18N2. The van der Waals surface area contributed by atoms with Gasteiger partial charge in [-0.3, -0.25) is 4.98 Å². The van der Waals surface area contributed by atoms with Crippen molar-refractivity contribution in [1.29, 1.82) is 0 Å². The molecule has 3 aromatic rings. The van der Waals surface area contributed by atoms with E-state index in [0.717, 1.165) is 16.5 Å². The van der Waals surface area contributed by atoms with Gasteiger partial charge in [0.15, 0.2) is 0 Å². The van der Waals surface area contributed by atoms with Crippen molar-refractivity contribution in [2.45, 2.75) is 18.9 Å². The molecule has 0 spiro atoms. The first-order valence-corrected chi connectivity index (χ1v) is 6.91. The molecule has 20 heavy (non-hydrogen) atoms. The minimum atomic E-state index is -0.0368. The summed E-state index contributed by atoms with van der Waals surface area (Å²) in [6, 6.07) is 20.6. The Morgan fingerprint density at radius 2 is 1.70 bits per heavy atom. The van der Waals surface area contributed by atoms with E-state index in [4.69, 9.17) is 5.73 Å². The first kappa shape index (κ1) is 12.8. The minimum absolute atomic E-state index is 0.0368. The van der Waals surface area contributed by atoms with Crippen LogP contribution in [-0.4, -0.2) is 4.98 Å². The molecule has 2 unspecified atom stereocenters. The van der Waals surface area contributed by atoms with Crippen LogP contribution in [0, 0.1) is 0 Å². The van der Waals surface area contributed by atoms with Crippen molar-refractivity contribution in [3.8, 4) is 0 Å². The van der Waals surface area contributed by atoms with Gasteiger partial charge < -0.3 is 5.73 Å². The smallest absolute Gasteiger partial charge is 0.0705 e. The molecule has 2 nitrogen and oxygen atoms in total. The molecule has 0 fully saturated rings. The molecule has 2 aromatic carbocycles. The zero-order chi connectivity index (χ0) is 13.9. The zero-order valence-corrected chi connectivity index (χ0v) is 11.5. The van der Waals surface area contributed by atoms with Gasteiger partial charge in [0.1, 0.15) is 0 Å². The number of pyridine rings is 1. The molecule has 0 aliphatic heterocycles. The number of nitrogens with zero attached hydrogens (tertiary/aromatic N) is 1. The number of hydrogen-bond acceptors (Lipinski definition) is 2. The van der Waals surface area contributed by atoms with Gasteiger partial charge >= 0.3 is 0 Å². The van der Waals surface area contributed by atoms with Crippen molar-refractivity contribution in [3.05, 3.63) is 78.0 Å². The van der Waals surface area contributed by atoms with Crippen molar-refractivity contribution in [1.82, 2.24) is 4.98 Å². The van der Waals surface area contributed by atoms with Crippen LogP contribution in [0.1, 0.15) is 30.0 Å². The van der Waals surface area contributed by atoms with Crippen LogP contribution in [0.3, 0.4) is 0 Å². The van der Waals surface area contributed by atoms with Crippen molar-refractivity contribution >= 4 is 10.9 Å². The molecular weight excluding hydrogens is 244 g/mol. The number of nitrogens with two attached hydrogens (primary N) is 1. The lowest BCUT2D eigenvalue weighted by atomic mass is 9.87. The molecule has 3 rings (SSSR count). The van der Waals surface area contributed by atoms with Crippen molar-refractivity contribution < 1.29 is 0 Å². The van der Waals surface area contributed by atoms with Crippen LogP contribution in [0.4, 0.5) is 0 Å². The van der Waals surface area contributed by atoms with Crippen molar-refractivity contribution in [2.24, 2.45) is 5.73 Å². The van der Waals surface area contributed by atoms with Gasteiger partial charge in [-0.25, -0.2) is 0 Å². The number of aromatic nitrogens is 1. The van der Waals surface area contributed by atoms with E-state index >= 15 is 0 Å². The van der Waals surface area contributed by atoms with Crippen LogP contribution < -0.4 is 5.73 Å². The van der Waals surface area contributed by atoms with Crippen molar-refractivity contribution in [2.75, 3.05) is 0 Å². The normalized spacial score (nSPS) is 14.1. The summed E-state index contributed by atoms with van der Waals surface area (Å²) < 4.78 is 0. The maximum Gasteiger partial charge on any atom is 0.0705 e. The highest BCUT2D eigenvalue weighted by atomic mass is 14.7. The molecule has 0 aliphatic rings. The maximum atomic E-state index is 6.51. The highest BCUT2D eigenvalue weighted by Gasteiger charge is 2.18. The third kappa shape index (κ3) is 2.30. The quantitative estimate of drug-likeness (QED) is 0.773. The molecule has 100 valence electrons. The molecule has 0 saturated carbocycles. The molecule has 0 aliphatic carbocycles. The SMILES string of the molecule is CC(c1ccccc1)C(N)c1cccc2ncccc12. The van der Waals surface area contributed by atoms with Gasteiger partial charge in [-0.15, -0.1) is 0 Å². The largest absolute Gasteiger partial charge is 0.323 e. The number of fused-ring (bicyclic) bond motifs is 1. The second-order valence-electron chi connectivity index (χ2n) is 5.14. The predicted octanol–water partition coefficient (Wildman–Crippen LogP) is 4.04.